The third-order valence-corrected chi connectivity index (χ3v) is 4.45. The monoisotopic (exact) mass is 314 g/mol. The highest BCUT2D eigenvalue weighted by molar-refractivity contribution is 6.05. The molecule has 2 radical (unpaired) electrons. The van der Waals surface area contributed by atoms with E-state index in [0.29, 0.717) is 12.5 Å². The highest BCUT2D eigenvalue weighted by Crippen LogP contribution is 2.32. The summed E-state index contributed by atoms with van der Waals surface area (Å²) < 4.78 is 5.66. The maximum Gasteiger partial charge on any atom is 0.216 e. The second-order valence-corrected chi connectivity index (χ2v) is 6.93. The van der Waals surface area contributed by atoms with Gasteiger partial charge in [0.15, 0.2) is 0 Å². The molecule has 1 aromatic rings. The molecule has 3 rings (SSSR count). The fraction of sp³-hybridized carbons (Fsp3) is 0.611. The highest BCUT2D eigenvalue weighted by atomic mass is 16.5. The predicted octanol–water partition coefficient (Wildman–Crippen LogP) is 2.36. The van der Waals surface area contributed by atoms with Crippen LogP contribution in [0.3, 0.4) is 0 Å². The van der Waals surface area contributed by atoms with Gasteiger partial charge in [-0.25, -0.2) is 4.99 Å². The van der Waals surface area contributed by atoms with Crippen molar-refractivity contribution in [3.05, 3.63) is 35.4 Å². The van der Waals surface area contributed by atoms with Crippen LogP contribution < -0.4 is 0 Å². The number of aliphatic imine (C=N–C) groups is 1. The van der Waals surface area contributed by atoms with Gasteiger partial charge in [-0.1, -0.05) is 19.0 Å². The van der Waals surface area contributed by atoms with E-state index in [4.69, 9.17) is 4.74 Å². The summed E-state index contributed by atoms with van der Waals surface area (Å²) >= 11 is 0. The van der Waals surface area contributed by atoms with Crippen LogP contribution >= 0.6 is 0 Å². The smallest absolute Gasteiger partial charge is 0.216 e. The average Bonchev–Trinajstić information content (AvgIpc) is 2.93. The summed E-state index contributed by atoms with van der Waals surface area (Å²) in [7, 11) is 6.60. The van der Waals surface area contributed by atoms with Crippen molar-refractivity contribution in [3.8, 4) is 0 Å². The van der Waals surface area contributed by atoms with E-state index in [1.165, 1.54) is 6.82 Å². The fourth-order valence-electron chi connectivity index (χ4n) is 2.93. The average molecular weight is 314 g/mol. The Morgan fingerprint density at radius 1 is 1.13 bits per heavy atom. The summed E-state index contributed by atoms with van der Waals surface area (Å²) in [4.78, 5) is 6.84. The van der Waals surface area contributed by atoms with Crippen molar-refractivity contribution >= 4 is 13.7 Å². The largest absolute Gasteiger partial charge is 0.475 e. The number of benzene rings is 1. The van der Waals surface area contributed by atoms with E-state index in [1.54, 1.807) is 0 Å². The minimum atomic E-state index is -0.692. The van der Waals surface area contributed by atoms with Crippen molar-refractivity contribution in [1.82, 2.24) is 4.90 Å². The minimum Gasteiger partial charge on any atom is -0.475 e. The molecule has 1 saturated heterocycles. The number of rotatable bonds is 2. The van der Waals surface area contributed by atoms with E-state index in [2.05, 4.69) is 38.6 Å². The van der Waals surface area contributed by atoms with Gasteiger partial charge in [-0.05, 0) is 51.4 Å². The lowest BCUT2D eigenvalue weighted by Crippen LogP contribution is -2.40. The lowest BCUT2D eigenvalue weighted by Gasteiger charge is -2.37. The molecular weight excluding hydrogens is 287 g/mol. The zero-order valence-electron chi connectivity index (χ0n) is 14.7. The molecular formula is C18H27BN2O2. The Morgan fingerprint density at radius 3 is 2.17 bits per heavy atom. The number of piperidine rings is 1. The predicted molar refractivity (Wildman–Crippen MR) is 95.3 cm³/mol. The molecule has 4 nitrogen and oxygen atoms in total. The van der Waals surface area contributed by atoms with Crippen LogP contribution in [0, 0.1) is 0 Å². The molecule has 0 atom stereocenters. The fourth-order valence-corrected chi connectivity index (χ4v) is 2.93. The Labute approximate surface area is 141 Å². The van der Waals surface area contributed by atoms with Gasteiger partial charge in [-0.2, -0.15) is 0 Å². The molecule has 0 aromatic heterocycles. The van der Waals surface area contributed by atoms with Crippen LogP contribution in [0.4, 0.5) is 0 Å². The molecule has 2 aliphatic heterocycles. The van der Waals surface area contributed by atoms with E-state index in [-0.39, 0.29) is 5.54 Å². The third-order valence-electron chi connectivity index (χ3n) is 4.45. The molecule has 2 heterocycles. The number of hydrogen-bond donors (Lipinski definition) is 1. The Hall–Kier alpha value is -1.33. The van der Waals surface area contributed by atoms with Crippen molar-refractivity contribution in [2.75, 3.05) is 26.7 Å². The Kier molecular flexibility index (Phi) is 5.53. The molecule has 5 heteroatoms. The van der Waals surface area contributed by atoms with Gasteiger partial charge < -0.3 is 14.7 Å². The molecule has 1 fully saturated rings. The second-order valence-electron chi connectivity index (χ2n) is 6.93. The standard InChI is InChI=1S/C17H24N2O2.CH3B/c1-16(2)12-21-15(18-16)13-4-6-14(7-5-13)17(20)8-10-19(3)11-9-17;1-2/h4-7,20H,8-12H2,1-3H3;1H3. The lowest BCUT2D eigenvalue weighted by atomic mass is 9.84. The van der Waals surface area contributed by atoms with Crippen LogP contribution in [0.5, 0.6) is 0 Å². The van der Waals surface area contributed by atoms with Crippen LogP contribution in [-0.2, 0) is 10.3 Å². The van der Waals surface area contributed by atoms with E-state index in [9.17, 15) is 5.11 Å². The van der Waals surface area contributed by atoms with E-state index >= 15 is 0 Å². The highest BCUT2D eigenvalue weighted by Gasteiger charge is 2.33. The molecule has 23 heavy (non-hydrogen) atoms. The van der Waals surface area contributed by atoms with Crippen LogP contribution in [0.25, 0.3) is 0 Å². The topological polar surface area (TPSA) is 45.1 Å². The Morgan fingerprint density at radius 2 is 1.70 bits per heavy atom. The van der Waals surface area contributed by atoms with Crippen LogP contribution in [0.15, 0.2) is 29.3 Å². The van der Waals surface area contributed by atoms with Crippen molar-refractivity contribution in [3.63, 3.8) is 0 Å². The first kappa shape index (κ1) is 18.0. The first-order valence-corrected chi connectivity index (χ1v) is 8.20. The summed E-state index contributed by atoms with van der Waals surface area (Å²) in [5.74, 6) is 0.710. The molecule has 1 aromatic carbocycles. The van der Waals surface area contributed by atoms with Gasteiger partial charge in [0.1, 0.15) is 6.61 Å². The summed E-state index contributed by atoms with van der Waals surface area (Å²) in [5, 5.41) is 10.8. The molecule has 2 aliphatic rings. The van der Waals surface area contributed by atoms with Crippen LogP contribution in [-0.4, -0.2) is 56.0 Å². The molecule has 0 spiro atoms. The van der Waals surface area contributed by atoms with Gasteiger partial charge in [0.05, 0.1) is 19.0 Å². The maximum absolute atomic E-state index is 10.8. The maximum atomic E-state index is 10.8. The minimum absolute atomic E-state index is 0.139. The van der Waals surface area contributed by atoms with E-state index in [1.807, 2.05) is 24.3 Å². The molecule has 0 amide bonds. The number of ether oxygens (including phenoxy) is 1. The number of aliphatic hydroxyl groups is 1. The zero-order chi connectivity index (χ0) is 17.1. The molecule has 1 N–H and O–H groups in total. The first-order valence-electron chi connectivity index (χ1n) is 8.20. The quantitative estimate of drug-likeness (QED) is 0.853. The normalized spacial score (nSPS) is 22.6. The van der Waals surface area contributed by atoms with E-state index < -0.39 is 5.60 Å². The molecule has 0 aliphatic carbocycles. The van der Waals surface area contributed by atoms with Gasteiger partial charge in [0, 0.05) is 18.7 Å². The number of hydrogen-bond acceptors (Lipinski definition) is 4. The van der Waals surface area contributed by atoms with Gasteiger partial charge in [-0.15, -0.1) is 0 Å². The van der Waals surface area contributed by atoms with Crippen LogP contribution in [0.2, 0.25) is 6.82 Å². The van der Waals surface area contributed by atoms with E-state index in [0.717, 1.165) is 37.1 Å². The molecule has 124 valence electrons. The Balaban J connectivity index is 0.000000924. The molecule has 0 unspecified atom stereocenters. The number of likely N-dealkylation sites (tertiary alicyclic amines) is 1. The second kappa shape index (κ2) is 7.06. The van der Waals surface area contributed by atoms with Crippen molar-refractivity contribution in [1.29, 1.82) is 0 Å². The third kappa shape index (κ3) is 4.15. The summed E-state index contributed by atoms with van der Waals surface area (Å²) in [5.41, 5.74) is 1.15. The van der Waals surface area contributed by atoms with Crippen molar-refractivity contribution in [2.24, 2.45) is 4.99 Å². The molecule has 0 bridgehead atoms. The SMILES string of the molecule is CN1CCC(O)(c2ccc(C3=NC(C)(C)CO3)cc2)CC1.[B]C. The number of nitrogens with zero attached hydrogens (tertiary/aromatic N) is 2. The summed E-state index contributed by atoms with van der Waals surface area (Å²) in [6.07, 6.45) is 1.57. The summed E-state index contributed by atoms with van der Waals surface area (Å²) in [6.45, 7) is 8.12. The van der Waals surface area contributed by atoms with Gasteiger partial charge in [-0.3, -0.25) is 0 Å². The van der Waals surface area contributed by atoms with Gasteiger partial charge in [0.2, 0.25) is 5.90 Å². The van der Waals surface area contributed by atoms with Gasteiger partial charge in [0.25, 0.3) is 0 Å². The van der Waals surface area contributed by atoms with Gasteiger partial charge >= 0.3 is 0 Å². The first-order chi connectivity index (χ1) is 10.9. The van der Waals surface area contributed by atoms with Crippen molar-refractivity contribution in [2.45, 2.75) is 44.7 Å². The molecule has 0 saturated carbocycles. The lowest BCUT2D eigenvalue weighted by molar-refractivity contribution is -0.0203. The Bertz CT molecular complexity index is 547. The summed E-state index contributed by atoms with van der Waals surface area (Å²) in [6, 6.07) is 8.04. The van der Waals surface area contributed by atoms with Crippen molar-refractivity contribution < 1.29 is 9.84 Å². The van der Waals surface area contributed by atoms with Crippen LogP contribution in [0.1, 0.15) is 37.8 Å². The zero-order valence-corrected chi connectivity index (χ0v) is 14.7.